The maximum Gasteiger partial charge on any atom is 0.272 e. The molecule has 8 heteroatoms. The van der Waals surface area contributed by atoms with Crippen LogP contribution >= 0.6 is 0 Å². The summed E-state index contributed by atoms with van der Waals surface area (Å²) in [6.45, 7) is 4.51. The number of carbonyl (C=O) groups is 1. The van der Waals surface area contributed by atoms with Gasteiger partial charge < -0.3 is 15.1 Å². The van der Waals surface area contributed by atoms with Crippen molar-refractivity contribution in [2.24, 2.45) is 0 Å². The van der Waals surface area contributed by atoms with E-state index in [0.29, 0.717) is 49.7 Å². The molecule has 2 aromatic heterocycles. The minimum atomic E-state index is -0.0435. The molecule has 8 nitrogen and oxygen atoms in total. The van der Waals surface area contributed by atoms with Gasteiger partial charge in [-0.3, -0.25) is 4.79 Å². The number of carbonyl (C=O) groups excluding carboxylic acids is 1. The van der Waals surface area contributed by atoms with Crippen LogP contribution in [0.25, 0.3) is 0 Å². The fraction of sp³-hybridized carbons (Fsp3) is 0.471. The molecular weight excluding hydrogens is 318 g/mol. The Morgan fingerprint density at radius 3 is 2.52 bits per heavy atom. The molecule has 1 aliphatic heterocycles. The van der Waals surface area contributed by atoms with Crippen molar-refractivity contribution in [3.63, 3.8) is 0 Å². The summed E-state index contributed by atoms with van der Waals surface area (Å²) >= 11 is 0. The van der Waals surface area contributed by atoms with Gasteiger partial charge in [0.2, 0.25) is 5.95 Å². The van der Waals surface area contributed by atoms with Gasteiger partial charge in [-0.05, 0) is 25.8 Å². The summed E-state index contributed by atoms with van der Waals surface area (Å²) in [5, 5.41) is 3.34. The van der Waals surface area contributed by atoms with Gasteiger partial charge in [-0.1, -0.05) is 0 Å². The van der Waals surface area contributed by atoms with Crippen LogP contribution in [0, 0.1) is 6.92 Å². The molecule has 2 aromatic rings. The van der Waals surface area contributed by atoms with Crippen LogP contribution in [-0.4, -0.2) is 63.0 Å². The summed E-state index contributed by atoms with van der Waals surface area (Å²) in [7, 11) is 0. The van der Waals surface area contributed by atoms with Crippen molar-refractivity contribution in [1.29, 1.82) is 0 Å². The third kappa shape index (κ3) is 3.67. The number of hydrogen-bond acceptors (Lipinski definition) is 7. The molecule has 1 saturated carbocycles. The van der Waals surface area contributed by atoms with Crippen molar-refractivity contribution in [3.05, 3.63) is 36.0 Å². The molecule has 4 rings (SSSR count). The molecule has 25 heavy (non-hydrogen) atoms. The van der Waals surface area contributed by atoms with Gasteiger partial charge in [0.05, 0.1) is 0 Å². The number of amides is 1. The van der Waals surface area contributed by atoms with Gasteiger partial charge in [0.25, 0.3) is 5.91 Å². The van der Waals surface area contributed by atoms with Crippen LogP contribution in [0.5, 0.6) is 0 Å². The lowest BCUT2D eigenvalue weighted by atomic mass is 10.2. The van der Waals surface area contributed by atoms with Crippen molar-refractivity contribution in [1.82, 2.24) is 24.8 Å². The normalized spacial score (nSPS) is 17.5. The quantitative estimate of drug-likeness (QED) is 0.893. The summed E-state index contributed by atoms with van der Waals surface area (Å²) in [5.41, 5.74) is 0.458. The zero-order valence-electron chi connectivity index (χ0n) is 14.2. The predicted molar refractivity (Wildman–Crippen MR) is 93.6 cm³/mol. The minimum Gasteiger partial charge on any atom is -0.367 e. The highest BCUT2D eigenvalue weighted by molar-refractivity contribution is 5.93. The first kappa shape index (κ1) is 15.7. The number of nitrogens with one attached hydrogen (secondary N) is 1. The Morgan fingerprint density at radius 1 is 1.12 bits per heavy atom. The van der Waals surface area contributed by atoms with Crippen molar-refractivity contribution >= 4 is 17.7 Å². The van der Waals surface area contributed by atoms with Crippen molar-refractivity contribution in [3.8, 4) is 0 Å². The molecule has 1 saturated heterocycles. The fourth-order valence-corrected chi connectivity index (χ4v) is 2.91. The van der Waals surface area contributed by atoms with E-state index < -0.39 is 0 Å². The summed E-state index contributed by atoms with van der Waals surface area (Å²) in [4.78, 5) is 34.0. The Kier molecular flexibility index (Phi) is 4.17. The molecule has 1 aliphatic carbocycles. The van der Waals surface area contributed by atoms with Gasteiger partial charge in [-0.15, -0.1) is 0 Å². The lowest BCUT2D eigenvalue weighted by Gasteiger charge is -2.34. The Hall–Kier alpha value is -2.77. The smallest absolute Gasteiger partial charge is 0.272 e. The second-order valence-electron chi connectivity index (χ2n) is 6.43. The number of hydrogen-bond donors (Lipinski definition) is 1. The maximum atomic E-state index is 12.8. The first-order valence-electron chi connectivity index (χ1n) is 8.62. The van der Waals surface area contributed by atoms with Crippen molar-refractivity contribution in [2.45, 2.75) is 25.8 Å². The van der Waals surface area contributed by atoms with Crippen LogP contribution in [0.15, 0.2) is 24.5 Å². The summed E-state index contributed by atoms with van der Waals surface area (Å²) in [5.74, 6) is 2.03. The number of rotatable bonds is 4. The molecule has 0 aromatic carbocycles. The summed E-state index contributed by atoms with van der Waals surface area (Å²) < 4.78 is 0. The first-order chi connectivity index (χ1) is 12.2. The minimum absolute atomic E-state index is 0.0435. The first-order valence-corrected chi connectivity index (χ1v) is 8.62. The standard InChI is InChI=1S/C17H21N7O/c1-12-20-14(11-15(21-12)22-13-3-4-13)16(25)23-7-9-24(10-8-23)17-18-5-2-6-19-17/h2,5-6,11,13H,3-4,7-10H2,1H3,(H,20,21,22). The monoisotopic (exact) mass is 339 g/mol. The third-order valence-electron chi connectivity index (χ3n) is 4.39. The number of aromatic nitrogens is 4. The van der Waals surface area contributed by atoms with Gasteiger partial charge >= 0.3 is 0 Å². The highest BCUT2D eigenvalue weighted by atomic mass is 16.2. The zero-order valence-corrected chi connectivity index (χ0v) is 14.2. The van der Waals surface area contributed by atoms with Crippen molar-refractivity contribution < 1.29 is 4.79 Å². The molecule has 1 amide bonds. The summed E-state index contributed by atoms with van der Waals surface area (Å²) in [6, 6.07) is 4.06. The van der Waals surface area contributed by atoms with Crippen LogP contribution in [0.2, 0.25) is 0 Å². The van der Waals surface area contributed by atoms with Gasteiger partial charge in [-0.2, -0.15) is 0 Å². The Bertz CT molecular complexity index is 755. The van der Waals surface area contributed by atoms with Gasteiger partial charge in [0.15, 0.2) is 0 Å². The van der Waals surface area contributed by atoms with Crippen LogP contribution < -0.4 is 10.2 Å². The maximum absolute atomic E-state index is 12.8. The van der Waals surface area contributed by atoms with E-state index in [1.165, 1.54) is 0 Å². The molecule has 1 N–H and O–H groups in total. The Balaban J connectivity index is 1.42. The third-order valence-corrected chi connectivity index (χ3v) is 4.39. The van der Waals surface area contributed by atoms with E-state index in [4.69, 9.17) is 0 Å². The van der Waals surface area contributed by atoms with Gasteiger partial charge in [0, 0.05) is 50.7 Å². The van der Waals surface area contributed by atoms with E-state index in [-0.39, 0.29) is 5.91 Å². The number of aryl methyl sites for hydroxylation is 1. The second-order valence-corrected chi connectivity index (χ2v) is 6.43. The molecular formula is C17H21N7O. The molecule has 130 valence electrons. The van der Waals surface area contributed by atoms with Crippen LogP contribution in [0.4, 0.5) is 11.8 Å². The number of nitrogens with zero attached hydrogens (tertiary/aromatic N) is 6. The zero-order chi connectivity index (χ0) is 17.2. The van der Waals surface area contributed by atoms with Gasteiger partial charge in [-0.25, -0.2) is 19.9 Å². The van der Waals surface area contributed by atoms with E-state index >= 15 is 0 Å². The van der Waals surface area contributed by atoms with Crippen molar-refractivity contribution in [2.75, 3.05) is 36.4 Å². The van der Waals surface area contributed by atoms with E-state index in [0.717, 1.165) is 18.7 Å². The van der Waals surface area contributed by atoms with E-state index in [9.17, 15) is 4.79 Å². The second kappa shape index (κ2) is 6.62. The molecule has 0 spiro atoms. The average molecular weight is 339 g/mol. The highest BCUT2D eigenvalue weighted by Crippen LogP contribution is 2.24. The van der Waals surface area contributed by atoms with Crippen LogP contribution in [0.1, 0.15) is 29.2 Å². The molecule has 0 atom stereocenters. The topological polar surface area (TPSA) is 87.1 Å². The molecule has 2 fully saturated rings. The molecule has 3 heterocycles. The van der Waals surface area contributed by atoms with Gasteiger partial charge in [0.1, 0.15) is 17.3 Å². The average Bonchev–Trinajstić information content (AvgIpc) is 3.45. The highest BCUT2D eigenvalue weighted by Gasteiger charge is 2.26. The lowest BCUT2D eigenvalue weighted by Crippen LogP contribution is -2.49. The Morgan fingerprint density at radius 2 is 1.84 bits per heavy atom. The van der Waals surface area contributed by atoms with E-state index in [2.05, 4.69) is 30.2 Å². The molecule has 0 unspecified atom stereocenters. The predicted octanol–water partition coefficient (Wildman–Crippen LogP) is 1.11. The lowest BCUT2D eigenvalue weighted by molar-refractivity contribution is 0.0740. The van der Waals surface area contributed by atoms with E-state index in [1.54, 1.807) is 24.5 Å². The summed E-state index contributed by atoms with van der Waals surface area (Å²) in [6.07, 6.45) is 5.79. The molecule has 2 aliphatic rings. The molecule has 0 radical (unpaired) electrons. The van der Waals surface area contributed by atoms with Crippen LogP contribution in [0.3, 0.4) is 0 Å². The van der Waals surface area contributed by atoms with E-state index in [1.807, 2.05) is 11.8 Å². The number of piperazine rings is 1. The molecule has 0 bridgehead atoms. The fourth-order valence-electron chi connectivity index (χ4n) is 2.91. The Labute approximate surface area is 146 Å². The SMILES string of the molecule is Cc1nc(NC2CC2)cc(C(=O)N2CCN(c3ncccn3)CC2)n1. The largest absolute Gasteiger partial charge is 0.367 e. The van der Waals surface area contributed by atoms with Crippen LogP contribution in [-0.2, 0) is 0 Å². The number of anilines is 2.